The third-order valence-corrected chi connectivity index (χ3v) is 7.76. The number of rotatable bonds is 10. The average Bonchev–Trinajstić information content (AvgIpc) is 3.55. The van der Waals surface area contributed by atoms with E-state index in [1.165, 1.54) is 32.7 Å². The third-order valence-electron chi connectivity index (χ3n) is 6.78. The highest BCUT2D eigenvalue weighted by molar-refractivity contribution is 7.10. The highest BCUT2D eigenvalue weighted by Gasteiger charge is 2.26. The standard InChI is InChI=1S/C29H32N4O8S/c1-39-23-9-7-19(16-24(23)40-2)28(37)30-20-15-18(27(36)31-21(17-26(34)35)25-5-4-14-42-25)6-8-22(20)32-10-12-33(13-11-32)29(38)41-3/h4-9,14-16,21H,10-13,17H2,1-3H3,(H,30,37)(H,31,36)(H,34,35). The van der Waals surface area contributed by atoms with Gasteiger partial charge in [-0.15, -0.1) is 11.3 Å². The Balaban J connectivity index is 1.63. The number of carboxylic acids is 1. The maximum atomic E-state index is 13.4. The number of nitrogens with one attached hydrogen (secondary N) is 2. The van der Waals surface area contributed by atoms with Crippen LogP contribution in [0.5, 0.6) is 11.5 Å². The number of anilines is 2. The fraction of sp³-hybridized carbons (Fsp3) is 0.310. The number of carbonyl (C=O) groups is 4. The van der Waals surface area contributed by atoms with Crippen molar-refractivity contribution in [2.24, 2.45) is 0 Å². The lowest BCUT2D eigenvalue weighted by Gasteiger charge is -2.36. The Bertz CT molecular complexity index is 1440. The lowest BCUT2D eigenvalue weighted by Crippen LogP contribution is -2.49. The Morgan fingerprint density at radius 2 is 1.60 bits per heavy atom. The number of carbonyl (C=O) groups excluding carboxylic acids is 3. The van der Waals surface area contributed by atoms with Gasteiger partial charge < -0.3 is 39.8 Å². The molecule has 0 spiro atoms. The van der Waals surface area contributed by atoms with Crippen LogP contribution in [0, 0.1) is 0 Å². The number of benzene rings is 2. The van der Waals surface area contributed by atoms with E-state index < -0.39 is 29.9 Å². The van der Waals surface area contributed by atoms with Gasteiger partial charge >= 0.3 is 12.1 Å². The van der Waals surface area contributed by atoms with Crippen LogP contribution in [-0.4, -0.2) is 81.4 Å². The van der Waals surface area contributed by atoms with Gasteiger partial charge in [0.05, 0.1) is 45.2 Å². The molecular weight excluding hydrogens is 564 g/mol. The molecular formula is C29H32N4O8S. The lowest BCUT2D eigenvalue weighted by molar-refractivity contribution is -0.137. The quantitative estimate of drug-likeness (QED) is 0.318. The van der Waals surface area contributed by atoms with E-state index >= 15 is 0 Å². The van der Waals surface area contributed by atoms with Gasteiger partial charge in [0.2, 0.25) is 0 Å². The van der Waals surface area contributed by atoms with Crippen molar-refractivity contribution in [2.75, 3.05) is 57.7 Å². The molecule has 222 valence electrons. The van der Waals surface area contributed by atoms with Crippen molar-refractivity contribution in [2.45, 2.75) is 12.5 Å². The van der Waals surface area contributed by atoms with Crippen molar-refractivity contribution in [3.05, 3.63) is 69.9 Å². The molecule has 1 aromatic heterocycles. The zero-order valence-corrected chi connectivity index (χ0v) is 24.2. The normalized spacial score (nSPS) is 13.6. The first-order chi connectivity index (χ1) is 20.2. The minimum atomic E-state index is -1.04. The van der Waals surface area contributed by atoms with Crippen LogP contribution in [0.3, 0.4) is 0 Å². The summed E-state index contributed by atoms with van der Waals surface area (Å²) in [5.41, 5.74) is 1.58. The number of aliphatic carboxylic acids is 1. The highest BCUT2D eigenvalue weighted by Crippen LogP contribution is 2.32. The molecule has 12 nitrogen and oxygen atoms in total. The van der Waals surface area contributed by atoms with Gasteiger partial charge in [0.25, 0.3) is 11.8 Å². The number of amides is 3. The molecule has 3 aromatic rings. The molecule has 1 unspecified atom stereocenters. The summed E-state index contributed by atoms with van der Waals surface area (Å²) in [6.45, 7) is 1.77. The monoisotopic (exact) mass is 596 g/mol. The predicted octanol–water partition coefficient (Wildman–Crippen LogP) is 3.85. The minimum absolute atomic E-state index is 0.238. The lowest BCUT2D eigenvalue weighted by atomic mass is 10.1. The van der Waals surface area contributed by atoms with E-state index in [-0.39, 0.29) is 12.0 Å². The molecule has 1 aliphatic rings. The van der Waals surface area contributed by atoms with Gasteiger partial charge in [-0.2, -0.15) is 0 Å². The molecule has 3 amide bonds. The molecule has 2 aromatic carbocycles. The molecule has 0 aliphatic carbocycles. The van der Waals surface area contributed by atoms with E-state index in [1.807, 2.05) is 10.3 Å². The molecule has 1 fully saturated rings. The topological polar surface area (TPSA) is 147 Å². The SMILES string of the molecule is COC(=O)N1CCN(c2ccc(C(=O)NC(CC(=O)O)c3cccs3)cc2NC(=O)c2ccc(OC)c(OC)c2)CC1. The number of thiophene rings is 1. The second-order valence-corrected chi connectivity index (χ2v) is 10.3. The maximum Gasteiger partial charge on any atom is 0.409 e. The molecule has 1 atom stereocenters. The number of hydrogen-bond donors (Lipinski definition) is 3. The zero-order valence-electron chi connectivity index (χ0n) is 23.4. The summed E-state index contributed by atoms with van der Waals surface area (Å²) in [6.07, 6.45) is -0.692. The van der Waals surface area contributed by atoms with Gasteiger partial charge in [-0.25, -0.2) is 4.79 Å². The fourth-order valence-electron chi connectivity index (χ4n) is 4.61. The summed E-state index contributed by atoms with van der Waals surface area (Å²) < 4.78 is 15.4. The number of methoxy groups -OCH3 is 3. The summed E-state index contributed by atoms with van der Waals surface area (Å²) >= 11 is 1.35. The van der Waals surface area contributed by atoms with Crippen LogP contribution in [0.15, 0.2) is 53.9 Å². The van der Waals surface area contributed by atoms with Gasteiger partial charge in [-0.1, -0.05) is 6.07 Å². The van der Waals surface area contributed by atoms with Crippen LogP contribution in [0.1, 0.15) is 38.1 Å². The van der Waals surface area contributed by atoms with Gasteiger partial charge in [-0.3, -0.25) is 14.4 Å². The van der Waals surface area contributed by atoms with E-state index in [1.54, 1.807) is 53.4 Å². The van der Waals surface area contributed by atoms with Gasteiger partial charge in [0.15, 0.2) is 11.5 Å². The van der Waals surface area contributed by atoms with Crippen LogP contribution in [-0.2, 0) is 9.53 Å². The second-order valence-electron chi connectivity index (χ2n) is 9.34. The molecule has 4 rings (SSSR count). The summed E-state index contributed by atoms with van der Waals surface area (Å²) in [5.74, 6) is -1.12. The van der Waals surface area contributed by atoms with Gasteiger partial charge in [-0.05, 0) is 47.8 Å². The molecule has 0 radical (unpaired) electrons. The van der Waals surface area contributed by atoms with Crippen molar-refractivity contribution < 1.29 is 38.5 Å². The zero-order chi connectivity index (χ0) is 30.2. The largest absolute Gasteiger partial charge is 0.493 e. The highest BCUT2D eigenvalue weighted by atomic mass is 32.1. The number of ether oxygens (including phenoxy) is 3. The van der Waals surface area contributed by atoms with Crippen LogP contribution >= 0.6 is 11.3 Å². The fourth-order valence-corrected chi connectivity index (χ4v) is 5.39. The summed E-state index contributed by atoms with van der Waals surface area (Å²) in [4.78, 5) is 54.4. The van der Waals surface area contributed by atoms with E-state index in [4.69, 9.17) is 14.2 Å². The number of piperazine rings is 1. The smallest absolute Gasteiger partial charge is 0.409 e. The molecule has 42 heavy (non-hydrogen) atoms. The van der Waals surface area contributed by atoms with Crippen molar-refractivity contribution in [1.29, 1.82) is 0 Å². The first-order valence-corrected chi connectivity index (χ1v) is 13.9. The molecule has 0 bridgehead atoms. The third kappa shape index (κ3) is 7.10. The Kier molecular flexibility index (Phi) is 9.86. The Morgan fingerprint density at radius 1 is 0.905 bits per heavy atom. The van der Waals surface area contributed by atoms with Gasteiger partial charge in [0.1, 0.15) is 0 Å². The van der Waals surface area contributed by atoms with Crippen molar-refractivity contribution in [3.63, 3.8) is 0 Å². The van der Waals surface area contributed by atoms with Crippen molar-refractivity contribution >= 4 is 46.6 Å². The minimum Gasteiger partial charge on any atom is -0.493 e. The Hall–Kier alpha value is -4.78. The van der Waals surface area contributed by atoms with Crippen LogP contribution in [0.2, 0.25) is 0 Å². The van der Waals surface area contributed by atoms with E-state index in [0.717, 1.165) is 0 Å². The second kappa shape index (κ2) is 13.7. The van der Waals surface area contributed by atoms with E-state index in [0.29, 0.717) is 59.5 Å². The van der Waals surface area contributed by atoms with Gasteiger partial charge in [0, 0.05) is 42.2 Å². The Labute approximate surface area is 246 Å². The number of hydrogen-bond acceptors (Lipinski definition) is 9. The first kappa shape index (κ1) is 30.2. The number of nitrogens with zero attached hydrogens (tertiary/aromatic N) is 2. The Morgan fingerprint density at radius 3 is 2.21 bits per heavy atom. The van der Waals surface area contributed by atoms with Crippen LogP contribution in [0.25, 0.3) is 0 Å². The van der Waals surface area contributed by atoms with Crippen LogP contribution in [0.4, 0.5) is 16.2 Å². The number of carboxylic acid groups (broad SMARTS) is 1. The van der Waals surface area contributed by atoms with Crippen molar-refractivity contribution in [3.8, 4) is 11.5 Å². The molecule has 0 saturated carbocycles. The van der Waals surface area contributed by atoms with E-state index in [2.05, 4.69) is 10.6 Å². The van der Waals surface area contributed by atoms with E-state index in [9.17, 15) is 24.3 Å². The molecule has 2 heterocycles. The first-order valence-electron chi connectivity index (χ1n) is 13.0. The maximum absolute atomic E-state index is 13.4. The predicted molar refractivity (Wildman–Crippen MR) is 157 cm³/mol. The van der Waals surface area contributed by atoms with Crippen molar-refractivity contribution in [1.82, 2.24) is 10.2 Å². The summed E-state index contributed by atoms with van der Waals surface area (Å²) in [5, 5.41) is 16.9. The molecule has 13 heteroatoms. The molecule has 1 saturated heterocycles. The molecule has 3 N–H and O–H groups in total. The molecule has 1 aliphatic heterocycles. The average molecular weight is 597 g/mol. The van der Waals surface area contributed by atoms with Crippen LogP contribution < -0.4 is 25.0 Å². The summed E-state index contributed by atoms with van der Waals surface area (Å²) in [7, 11) is 4.31. The summed E-state index contributed by atoms with van der Waals surface area (Å²) in [6, 6.07) is 12.5.